The van der Waals surface area contributed by atoms with E-state index >= 15 is 0 Å². The van der Waals surface area contributed by atoms with Crippen molar-refractivity contribution < 1.29 is 8.42 Å². The molecule has 2 aromatic rings. The second kappa shape index (κ2) is 9.97. The fourth-order valence-corrected chi connectivity index (χ4v) is 3.60. The first-order valence-electron chi connectivity index (χ1n) is 8.47. The SMILES string of the molecule is CN=C(NCCCc1ccc(Cl)cc1Cl)NCc1ccc(S(C)(=O)=O)cc1. The zero-order chi connectivity index (χ0) is 19.9. The Labute approximate surface area is 170 Å². The molecular formula is C19H23Cl2N3O2S. The highest BCUT2D eigenvalue weighted by Crippen LogP contribution is 2.21. The number of halogens is 2. The predicted octanol–water partition coefficient (Wildman–Crippen LogP) is 3.69. The molecule has 0 unspecified atom stereocenters. The van der Waals surface area contributed by atoms with Crippen LogP contribution in [0.4, 0.5) is 0 Å². The van der Waals surface area contributed by atoms with E-state index in [0.717, 1.165) is 30.5 Å². The van der Waals surface area contributed by atoms with Gasteiger partial charge in [-0.05, 0) is 48.2 Å². The molecule has 2 rings (SSSR count). The van der Waals surface area contributed by atoms with Gasteiger partial charge >= 0.3 is 0 Å². The summed E-state index contributed by atoms with van der Waals surface area (Å²) in [4.78, 5) is 4.50. The zero-order valence-corrected chi connectivity index (χ0v) is 17.6. The van der Waals surface area contributed by atoms with Crippen molar-refractivity contribution in [3.8, 4) is 0 Å². The molecule has 0 saturated heterocycles. The highest BCUT2D eigenvalue weighted by molar-refractivity contribution is 7.90. The van der Waals surface area contributed by atoms with Crippen LogP contribution in [0.25, 0.3) is 0 Å². The van der Waals surface area contributed by atoms with E-state index in [1.165, 1.54) is 6.26 Å². The van der Waals surface area contributed by atoms with Crippen LogP contribution in [0.15, 0.2) is 52.4 Å². The molecule has 146 valence electrons. The molecular weight excluding hydrogens is 405 g/mol. The molecule has 0 atom stereocenters. The zero-order valence-electron chi connectivity index (χ0n) is 15.3. The number of aryl methyl sites for hydroxylation is 1. The van der Waals surface area contributed by atoms with Gasteiger partial charge in [0.25, 0.3) is 0 Å². The number of aliphatic imine (C=N–C) groups is 1. The summed E-state index contributed by atoms with van der Waals surface area (Å²) in [5.74, 6) is 0.685. The molecule has 5 nitrogen and oxygen atoms in total. The highest BCUT2D eigenvalue weighted by atomic mass is 35.5. The normalized spacial score (nSPS) is 12.1. The molecule has 0 aromatic heterocycles. The van der Waals surface area contributed by atoms with Gasteiger partial charge in [-0.1, -0.05) is 41.4 Å². The molecule has 0 aliphatic rings. The minimum absolute atomic E-state index is 0.314. The van der Waals surface area contributed by atoms with Gasteiger partial charge in [0, 0.05) is 36.4 Å². The van der Waals surface area contributed by atoms with E-state index in [2.05, 4.69) is 15.6 Å². The first-order valence-corrected chi connectivity index (χ1v) is 11.1. The van der Waals surface area contributed by atoms with Gasteiger partial charge in [-0.2, -0.15) is 0 Å². The summed E-state index contributed by atoms with van der Waals surface area (Å²) in [6.07, 6.45) is 2.93. The molecule has 0 bridgehead atoms. The second-order valence-electron chi connectivity index (χ2n) is 6.11. The van der Waals surface area contributed by atoms with Crippen molar-refractivity contribution in [3.63, 3.8) is 0 Å². The van der Waals surface area contributed by atoms with Gasteiger partial charge in [0.2, 0.25) is 0 Å². The van der Waals surface area contributed by atoms with Gasteiger partial charge in [-0.15, -0.1) is 0 Å². The topological polar surface area (TPSA) is 70.6 Å². The Bertz CT molecular complexity index is 898. The number of nitrogens with one attached hydrogen (secondary N) is 2. The van der Waals surface area contributed by atoms with Crippen molar-refractivity contribution >= 4 is 39.0 Å². The summed E-state index contributed by atoms with van der Waals surface area (Å²) in [5.41, 5.74) is 2.04. The molecule has 8 heteroatoms. The number of guanidine groups is 1. The summed E-state index contributed by atoms with van der Waals surface area (Å²) in [6.45, 7) is 1.29. The Morgan fingerprint density at radius 3 is 2.37 bits per heavy atom. The fraction of sp³-hybridized carbons (Fsp3) is 0.316. The third-order valence-corrected chi connectivity index (χ3v) is 5.68. The Hall–Kier alpha value is -1.76. The summed E-state index contributed by atoms with van der Waals surface area (Å²) in [7, 11) is -1.47. The van der Waals surface area contributed by atoms with E-state index in [-0.39, 0.29) is 0 Å². The summed E-state index contributed by atoms with van der Waals surface area (Å²) < 4.78 is 23.0. The number of benzene rings is 2. The van der Waals surface area contributed by atoms with Gasteiger partial charge in [0.1, 0.15) is 0 Å². The van der Waals surface area contributed by atoms with Crippen molar-refractivity contribution in [1.29, 1.82) is 0 Å². The third-order valence-electron chi connectivity index (χ3n) is 3.97. The van der Waals surface area contributed by atoms with Gasteiger partial charge in [-0.25, -0.2) is 8.42 Å². The van der Waals surface area contributed by atoms with Crippen LogP contribution >= 0.6 is 23.2 Å². The lowest BCUT2D eigenvalue weighted by molar-refractivity contribution is 0.602. The van der Waals surface area contributed by atoms with Crippen molar-refractivity contribution in [1.82, 2.24) is 10.6 Å². The molecule has 0 aliphatic carbocycles. The van der Waals surface area contributed by atoms with E-state index < -0.39 is 9.84 Å². The monoisotopic (exact) mass is 427 g/mol. The molecule has 0 aliphatic heterocycles. The lowest BCUT2D eigenvalue weighted by atomic mass is 10.1. The van der Waals surface area contributed by atoms with E-state index in [9.17, 15) is 8.42 Å². The number of rotatable bonds is 7. The van der Waals surface area contributed by atoms with Crippen LogP contribution in [0.3, 0.4) is 0 Å². The molecule has 0 heterocycles. The van der Waals surface area contributed by atoms with E-state index in [4.69, 9.17) is 23.2 Å². The first-order chi connectivity index (χ1) is 12.8. The Kier molecular flexibility index (Phi) is 7.95. The van der Waals surface area contributed by atoms with Gasteiger partial charge in [0.05, 0.1) is 4.90 Å². The van der Waals surface area contributed by atoms with Crippen LogP contribution in [0.5, 0.6) is 0 Å². The Morgan fingerprint density at radius 2 is 1.78 bits per heavy atom. The Morgan fingerprint density at radius 1 is 1.07 bits per heavy atom. The molecule has 0 fully saturated rings. The molecule has 2 aromatic carbocycles. The maximum absolute atomic E-state index is 11.5. The van der Waals surface area contributed by atoms with E-state index in [1.807, 2.05) is 12.1 Å². The van der Waals surface area contributed by atoms with Crippen molar-refractivity contribution in [2.75, 3.05) is 19.8 Å². The molecule has 0 amide bonds. The standard InChI is InChI=1S/C19H23Cl2N3O2S/c1-22-19(23-11-3-4-15-7-8-16(20)12-18(15)21)24-13-14-5-9-17(10-6-14)27(2,25)26/h5-10,12H,3-4,11,13H2,1-2H3,(H2,22,23,24). The summed E-state index contributed by atoms with van der Waals surface area (Å²) in [6, 6.07) is 12.3. The average Bonchev–Trinajstić information content (AvgIpc) is 2.62. The quantitative estimate of drug-likeness (QED) is 0.401. The second-order valence-corrected chi connectivity index (χ2v) is 8.97. The van der Waals surface area contributed by atoms with Crippen molar-refractivity contribution in [3.05, 3.63) is 63.6 Å². The number of hydrogen-bond donors (Lipinski definition) is 2. The lowest BCUT2D eigenvalue weighted by Crippen LogP contribution is -2.37. The van der Waals surface area contributed by atoms with Crippen LogP contribution in [-0.2, 0) is 22.8 Å². The molecule has 2 N–H and O–H groups in total. The van der Waals surface area contributed by atoms with Crippen LogP contribution in [0.1, 0.15) is 17.5 Å². The summed E-state index contributed by atoms with van der Waals surface area (Å²) >= 11 is 12.1. The maximum atomic E-state index is 11.5. The van der Waals surface area contributed by atoms with Crippen LogP contribution < -0.4 is 10.6 Å². The third kappa shape index (κ3) is 7.05. The van der Waals surface area contributed by atoms with Crippen LogP contribution in [0.2, 0.25) is 10.0 Å². The number of sulfone groups is 1. The van der Waals surface area contributed by atoms with Crippen molar-refractivity contribution in [2.45, 2.75) is 24.3 Å². The van der Waals surface area contributed by atoms with Gasteiger partial charge in [-0.3, -0.25) is 4.99 Å². The number of nitrogens with zero attached hydrogens (tertiary/aromatic N) is 1. The molecule has 0 spiro atoms. The fourth-order valence-electron chi connectivity index (χ4n) is 2.47. The van der Waals surface area contributed by atoms with E-state index in [1.54, 1.807) is 37.4 Å². The molecule has 27 heavy (non-hydrogen) atoms. The smallest absolute Gasteiger partial charge is 0.191 e. The molecule has 0 radical (unpaired) electrons. The average molecular weight is 428 g/mol. The van der Waals surface area contributed by atoms with E-state index in [0.29, 0.717) is 27.4 Å². The van der Waals surface area contributed by atoms with Crippen molar-refractivity contribution in [2.24, 2.45) is 4.99 Å². The summed E-state index contributed by atoms with van der Waals surface area (Å²) in [5, 5.41) is 7.78. The van der Waals surface area contributed by atoms with Gasteiger partial charge < -0.3 is 10.6 Å². The highest BCUT2D eigenvalue weighted by Gasteiger charge is 2.06. The minimum atomic E-state index is -3.17. The Balaban J connectivity index is 1.77. The van der Waals surface area contributed by atoms with Crippen LogP contribution in [-0.4, -0.2) is 34.2 Å². The first kappa shape index (κ1) is 21.5. The molecule has 0 saturated carbocycles. The minimum Gasteiger partial charge on any atom is -0.356 e. The largest absolute Gasteiger partial charge is 0.356 e. The maximum Gasteiger partial charge on any atom is 0.191 e. The number of hydrogen-bond acceptors (Lipinski definition) is 3. The predicted molar refractivity (Wildman–Crippen MR) is 113 cm³/mol. The van der Waals surface area contributed by atoms with Gasteiger partial charge in [0.15, 0.2) is 15.8 Å². The lowest BCUT2D eigenvalue weighted by Gasteiger charge is -2.12. The van der Waals surface area contributed by atoms with Crippen LogP contribution in [0, 0.1) is 0 Å².